The number of hydrogen-bond acceptors (Lipinski definition) is 6. The van der Waals surface area contributed by atoms with Crippen LogP contribution in [0.3, 0.4) is 0 Å². The normalized spacial score (nSPS) is 20.8. The Morgan fingerprint density at radius 3 is 2.39 bits per heavy atom. The van der Waals surface area contributed by atoms with Gasteiger partial charge in [-0.1, -0.05) is 6.07 Å². The lowest BCUT2D eigenvalue weighted by atomic mass is 9.82. The quantitative estimate of drug-likeness (QED) is 0.463. The number of rotatable bonds is 8. The smallest absolute Gasteiger partial charge is 0.349 e. The SMILES string of the molecule is CS(=O)(=O)Nc1ccc([C@H]2CC[C@@H](N3CC(NC(=O)CNC(=O)c4cccc(C(F)(F)F)c4)C3)CC2)nc1. The lowest BCUT2D eigenvalue weighted by molar-refractivity contribution is -0.137. The predicted molar refractivity (Wildman–Crippen MR) is 135 cm³/mol. The molecule has 1 saturated carbocycles. The monoisotopic (exact) mass is 553 g/mol. The topological polar surface area (TPSA) is 121 Å². The van der Waals surface area contributed by atoms with Crippen LogP contribution in [0.15, 0.2) is 42.6 Å². The highest BCUT2D eigenvalue weighted by atomic mass is 32.2. The Balaban J connectivity index is 1.15. The summed E-state index contributed by atoms with van der Waals surface area (Å²) in [6.07, 6.45) is 1.98. The molecule has 1 aromatic heterocycles. The largest absolute Gasteiger partial charge is 0.416 e. The molecule has 2 aliphatic rings. The van der Waals surface area contributed by atoms with E-state index in [0.29, 0.717) is 30.7 Å². The van der Waals surface area contributed by atoms with Crippen molar-refractivity contribution in [3.8, 4) is 0 Å². The van der Waals surface area contributed by atoms with Gasteiger partial charge in [-0.3, -0.25) is 24.2 Å². The zero-order chi connectivity index (χ0) is 27.5. The van der Waals surface area contributed by atoms with E-state index in [1.807, 2.05) is 6.07 Å². The van der Waals surface area contributed by atoms with Gasteiger partial charge in [-0.15, -0.1) is 0 Å². The summed E-state index contributed by atoms with van der Waals surface area (Å²) in [6.45, 7) is 1.09. The fraction of sp³-hybridized carbons (Fsp3) is 0.480. The molecule has 0 spiro atoms. The number of alkyl halides is 3. The van der Waals surface area contributed by atoms with Crippen molar-refractivity contribution in [2.45, 2.75) is 49.9 Å². The molecule has 0 unspecified atom stereocenters. The van der Waals surface area contributed by atoms with Crippen molar-refractivity contribution in [2.24, 2.45) is 0 Å². The third-order valence-corrected chi connectivity index (χ3v) is 7.46. The highest BCUT2D eigenvalue weighted by Crippen LogP contribution is 2.35. The summed E-state index contributed by atoms with van der Waals surface area (Å²) in [5.74, 6) is -0.816. The first-order chi connectivity index (χ1) is 17.9. The van der Waals surface area contributed by atoms with Gasteiger partial charge in [0.05, 0.1) is 36.3 Å². The van der Waals surface area contributed by atoms with Gasteiger partial charge in [-0.05, 0) is 56.0 Å². The van der Waals surface area contributed by atoms with Crippen LogP contribution in [-0.4, -0.2) is 68.1 Å². The lowest BCUT2D eigenvalue weighted by Crippen LogP contribution is -2.63. The molecule has 1 saturated heterocycles. The molecule has 206 valence electrons. The van der Waals surface area contributed by atoms with Gasteiger partial charge in [-0.25, -0.2) is 8.42 Å². The minimum Gasteiger partial charge on any atom is -0.349 e. The van der Waals surface area contributed by atoms with Crippen molar-refractivity contribution in [2.75, 3.05) is 30.6 Å². The molecular weight excluding hydrogens is 523 g/mol. The Kier molecular flexibility index (Phi) is 8.26. The van der Waals surface area contributed by atoms with Crippen molar-refractivity contribution < 1.29 is 31.2 Å². The third kappa shape index (κ3) is 7.44. The zero-order valence-corrected chi connectivity index (χ0v) is 21.6. The Bertz CT molecular complexity index is 1260. The predicted octanol–water partition coefficient (Wildman–Crippen LogP) is 2.73. The van der Waals surface area contributed by atoms with Gasteiger partial charge in [0.2, 0.25) is 15.9 Å². The summed E-state index contributed by atoms with van der Waals surface area (Å²) < 4.78 is 63.6. The van der Waals surface area contributed by atoms with Gasteiger partial charge >= 0.3 is 6.18 Å². The van der Waals surface area contributed by atoms with Gasteiger partial charge in [0.25, 0.3) is 5.91 Å². The van der Waals surface area contributed by atoms with Crippen LogP contribution < -0.4 is 15.4 Å². The maximum Gasteiger partial charge on any atom is 0.416 e. The van der Waals surface area contributed by atoms with Crippen LogP contribution in [0, 0.1) is 0 Å². The van der Waals surface area contributed by atoms with E-state index < -0.39 is 33.6 Å². The number of sulfonamides is 1. The number of carbonyl (C=O) groups excluding carboxylic acids is 2. The van der Waals surface area contributed by atoms with Crippen LogP contribution in [0.25, 0.3) is 0 Å². The van der Waals surface area contributed by atoms with Crippen molar-refractivity contribution in [1.82, 2.24) is 20.5 Å². The molecule has 38 heavy (non-hydrogen) atoms. The average molecular weight is 554 g/mol. The number of anilines is 1. The highest BCUT2D eigenvalue weighted by molar-refractivity contribution is 7.92. The van der Waals surface area contributed by atoms with E-state index in [1.54, 1.807) is 6.07 Å². The van der Waals surface area contributed by atoms with E-state index in [2.05, 4.69) is 25.2 Å². The number of halogens is 3. The van der Waals surface area contributed by atoms with Crippen molar-refractivity contribution >= 4 is 27.5 Å². The van der Waals surface area contributed by atoms with Gasteiger partial charge in [0, 0.05) is 36.3 Å². The van der Waals surface area contributed by atoms with E-state index in [1.165, 1.54) is 12.3 Å². The fourth-order valence-electron chi connectivity index (χ4n) is 4.94. The molecule has 1 aliphatic carbocycles. The Morgan fingerprint density at radius 2 is 1.79 bits per heavy atom. The molecule has 9 nitrogen and oxygen atoms in total. The Hall–Kier alpha value is -3.19. The molecule has 13 heteroatoms. The second-order valence-electron chi connectivity index (χ2n) is 9.83. The highest BCUT2D eigenvalue weighted by Gasteiger charge is 2.36. The molecule has 2 amide bonds. The van der Waals surface area contributed by atoms with Crippen LogP contribution in [-0.2, 0) is 21.0 Å². The van der Waals surface area contributed by atoms with Crippen LogP contribution in [0.5, 0.6) is 0 Å². The average Bonchev–Trinajstić information content (AvgIpc) is 2.84. The molecule has 2 fully saturated rings. The van der Waals surface area contributed by atoms with Gasteiger partial charge < -0.3 is 10.6 Å². The number of amides is 2. The van der Waals surface area contributed by atoms with Crippen LogP contribution in [0.4, 0.5) is 18.9 Å². The minimum absolute atomic E-state index is 0.0396. The number of likely N-dealkylation sites (tertiary alicyclic amines) is 1. The van der Waals surface area contributed by atoms with Crippen molar-refractivity contribution in [3.63, 3.8) is 0 Å². The molecule has 2 aromatic rings. The molecule has 3 N–H and O–H groups in total. The van der Waals surface area contributed by atoms with E-state index in [0.717, 1.165) is 55.8 Å². The zero-order valence-electron chi connectivity index (χ0n) is 20.8. The Labute approximate surface area is 219 Å². The second-order valence-corrected chi connectivity index (χ2v) is 11.6. The second kappa shape index (κ2) is 11.3. The van der Waals surface area contributed by atoms with Gasteiger partial charge in [0.1, 0.15) is 0 Å². The maximum absolute atomic E-state index is 12.8. The van der Waals surface area contributed by atoms with Crippen LogP contribution in [0.1, 0.15) is 53.2 Å². The summed E-state index contributed by atoms with van der Waals surface area (Å²) in [7, 11) is -3.34. The number of aromatic nitrogens is 1. The summed E-state index contributed by atoms with van der Waals surface area (Å²) in [4.78, 5) is 31.1. The first-order valence-electron chi connectivity index (χ1n) is 12.3. The molecule has 4 rings (SSSR count). The number of benzene rings is 1. The summed E-state index contributed by atoms with van der Waals surface area (Å²) in [5.41, 5.74) is 0.307. The minimum atomic E-state index is -4.55. The van der Waals surface area contributed by atoms with Crippen LogP contribution >= 0.6 is 0 Å². The maximum atomic E-state index is 12.8. The summed E-state index contributed by atoms with van der Waals surface area (Å²) in [6, 6.07) is 8.01. The number of nitrogens with zero attached hydrogens (tertiary/aromatic N) is 2. The first-order valence-corrected chi connectivity index (χ1v) is 14.2. The van der Waals surface area contributed by atoms with E-state index in [9.17, 15) is 31.2 Å². The Morgan fingerprint density at radius 1 is 1.08 bits per heavy atom. The van der Waals surface area contributed by atoms with E-state index in [4.69, 9.17) is 0 Å². The number of nitrogens with one attached hydrogen (secondary N) is 3. The van der Waals surface area contributed by atoms with Crippen molar-refractivity contribution in [3.05, 3.63) is 59.4 Å². The van der Waals surface area contributed by atoms with Gasteiger partial charge in [-0.2, -0.15) is 13.2 Å². The third-order valence-electron chi connectivity index (χ3n) is 6.86. The fourth-order valence-corrected chi connectivity index (χ4v) is 5.49. The number of hydrogen-bond donors (Lipinski definition) is 3. The molecule has 1 aliphatic heterocycles. The molecule has 1 aromatic carbocycles. The standard InChI is InChI=1S/C25H30F3N5O4S/c1-38(36,37)32-19-7-10-22(29-12-19)16-5-8-21(9-6-16)33-14-20(15-33)31-23(34)13-30-24(35)17-3-2-4-18(11-17)25(26,27)28/h2-4,7,10-12,16,20-21,32H,5-6,8-9,13-15H2,1H3,(H,30,35)(H,31,34)/t16-,21+. The molecule has 0 radical (unpaired) electrons. The van der Waals surface area contributed by atoms with E-state index in [-0.39, 0.29) is 18.2 Å². The number of carbonyl (C=O) groups is 2. The molecular formula is C25H30F3N5O4S. The summed E-state index contributed by atoms with van der Waals surface area (Å²) >= 11 is 0. The van der Waals surface area contributed by atoms with Gasteiger partial charge in [0.15, 0.2) is 0 Å². The first kappa shape index (κ1) is 27.8. The molecule has 0 atom stereocenters. The lowest BCUT2D eigenvalue weighted by Gasteiger charge is -2.46. The molecule has 0 bridgehead atoms. The van der Waals surface area contributed by atoms with Crippen LogP contribution in [0.2, 0.25) is 0 Å². The molecule has 2 heterocycles. The van der Waals surface area contributed by atoms with E-state index >= 15 is 0 Å². The summed E-state index contributed by atoms with van der Waals surface area (Å²) in [5, 5.41) is 5.22. The number of pyridine rings is 1. The van der Waals surface area contributed by atoms with Crippen molar-refractivity contribution in [1.29, 1.82) is 0 Å².